The van der Waals surface area contributed by atoms with E-state index in [-0.39, 0.29) is 32.7 Å². The second-order valence-corrected chi connectivity index (χ2v) is 14.8. The number of aromatic hydroxyl groups is 8. The normalized spacial score (nSPS) is 11.9. The summed E-state index contributed by atoms with van der Waals surface area (Å²) in [4.78, 5) is 0. The molecule has 9 heteroatoms. The van der Waals surface area contributed by atoms with Gasteiger partial charge in [-0.15, -0.1) is 0 Å². The van der Waals surface area contributed by atoms with E-state index in [9.17, 15) is 40.9 Å². The van der Waals surface area contributed by atoms with Crippen LogP contribution in [0.25, 0.3) is 109 Å². The van der Waals surface area contributed by atoms with Crippen LogP contribution in [0.4, 0.5) is 0 Å². The van der Waals surface area contributed by atoms with Crippen molar-refractivity contribution in [2.45, 2.75) is 0 Å². The molecule has 1 heterocycles. The van der Waals surface area contributed by atoms with Gasteiger partial charge in [0.2, 0.25) is 23.0 Å². The summed E-state index contributed by atoms with van der Waals surface area (Å²) in [7, 11) is 0. The van der Waals surface area contributed by atoms with E-state index in [4.69, 9.17) is 4.42 Å². The van der Waals surface area contributed by atoms with Crippen LogP contribution in [0.3, 0.4) is 0 Å². The Balaban J connectivity index is 1.34. The number of furan rings is 1. The molecule has 284 valence electrons. The maximum atomic E-state index is 12.0. The van der Waals surface area contributed by atoms with E-state index in [0.29, 0.717) is 38.5 Å². The molecule has 0 bridgehead atoms. The number of benzene rings is 10. The third-order valence-corrected chi connectivity index (χ3v) is 11.7. The smallest absolute Gasteiger partial charge is 0.204 e. The number of rotatable bonds is 3. The molecule has 0 radical (unpaired) electrons. The molecule has 11 aromatic rings. The number of phenols is 8. The topological polar surface area (TPSA) is 175 Å². The maximum Gasteiger partial charge on any atom is 0.204 e. The van der Waals surface area contributed by atoms with Gasteiger partial charge in [0.05, 0.1) is 0 Å². The van der Waals surface area contributed by atoms with Crippen LogP contribution in [0.1, 0.15) is 0 Å². The van der Waals surface area contributed by atoms with Crippen molar-refractivity contribution in [3.63, 3.8) is 0 Å². The molecule has 0 spiro atoms. The molecular weight excluding hydrogens is 745 g/mol. The first-order valence-electron chi connectivity index (χ1n) is 18.7. The zero-order valence-corrected chi connectivity index (χ0v) is 30.7. The lowest BCUT2D eigenvalue weighted by Crippen LogP contribution is -1.96. The summed E-state index contributed by atoms with van der Waals surface area (Å²) in [5, 5.41) is 98.3. The quantitative estimate of drug-likeness (QED) is 0.0493. The molecule has 0 atom stereocenters. The van der Waals surface area contributed by atoms with Crippen LogP contribution < -0.4 is 0 Å². The Labute approximate surface area is 333 Å². The minimum atomic E-state index is -1.04. The molecule has 0 aliphatic rings. The third kappa shape index (κ3) is 4.61. The van der Waals surface area contributed by atoms with Crippen LogP contribution >= 0.6 is 0 Å². The molecule has 0 aliphatic carbocycles. The minimum absolute atomic E-state index is 0.0265. The summed E-state index contributed by atoms with van der Waals surface area (Å²) in [6.07, 6.45) is 0. The highest BCUT2D eigenvalue weighted by molar-refractivity contribution is 6.33. The predicted octanol–water partition coefficient (Wildman–Crippen LogP) is 12.0. The Hall–Kier alpha value is -8.30. The van der Waals surface area contributed by atoms with Gasteiger partial charge in [0.1, 0.15) is 11.2 Å². The van der Waals surface area contributed by atoms with Crippen molar-refractivity contribution in [1.29, 1.82) is 0 Å². The fourth-order valence-electron chi connectivity index (χ4n) is 9.00. The summed E-state index contributed by atoms with van der Waals surface area (Å²) in [6, 6.07) is 41.8. The first-order valence-corrected chi connectivity index (χ1v) is 18.7. The SMILES string of the molecule is Oc1c(O)c(O)c2c(-c3cccc4oc5cc6ccccc6cc5c34)c3c(O)c(O)c(O)c(O)c3c(-c3ccc(-c4ccc5ccccc5c4)c4ccccc34)c2c1O. The highest BCUT2D eigenvalue weighted by atomic mass is 16.4. The van der Waals surface area contributed by atoms with Crippen LogP contribution in [0, 0.1) is 0 Å². The first-order chi connectivity index (χ1) is 28.6. The van der Waals surface area contributed by atoms with Crippen molar-refractivity contribution in [2.24, 2.45) is 0 Å². The number of hydrogen-bond acceptors (Lipinski definition) is 9. The molecule has 0 saturated heterocycles. The van der Waals surface area contributed by atoms with E-state index in [0.717, 1.165) is 38.1 Å². The lowest BCUT2D eigenvalue weighted by Gasteiger charge is -2.23. The molecule has 11 rings (SSSR count). The van der Waals surface area contributed by atoms with E-state index in [1.54, 1.807) is 24.3 Å². The van der Waals surface area contributed by atoms with E-state index in [1.807, 2.05) is 103 Å². The molecule has 0 fully saturated rings. The Morgan fingerprint density at radius 2 is 0.763 bits per heavy atom. The zero-order valence-electron chi connectivity index (χ0n) is 30.7. The largest absolute Gasteiger partial charge is 0.504 e. The van der Waals surface area contributed by atoms with Gasteiger partial charge in [-0.3, -0.25) is 0 Å². The number of phenolic OH excluding ortho intramolecular Hbond substituents is 8. The molecule has 8 N–H and O–H groups in total. The Bertz CT molecular complexity index is 3580. The molecule has 0 saturated carbocycles. The van der Waals surface area contributed by atoms with Crippen molar-refractivity contribution >= 4 is 75.8 Å². The molecule has 9 nitrogen and oxygen atoms in total. The van der Waals surface area contributed by atoms with Gasteiger partial charge in [0, 0.05) is 43.4 Å². The van der Waals surface area contributed by atoms with Gasteiger partial charge in [-0.25, -0.2) is 0 Å². The highest BCUT2D eigenvalue weighted by Gasteiger charge is 2.34. The summed E-state index contributed by atoms with van der Waals surface area (Å²) < 4.78 is 6.35. The van der Waals surface area contributed by atoms with Gasteiger partial charge in [-0.2, -0.15) is 0 Å². The van der Waals surface area contributed by atoms with Crippen LogP contribution in [0.15, 0.2) is 138 Å². The fourth-order valence-corrected chi connectivity index (χ4v) is 9.00. The van der Waals surface area contributed by atoms with Crippen molar-refractivity contribution in [1.82, 2.24) is 0 Å². The monoisotopic (exact) mass is 774 g/mol. The van der Waals surface area contributed by atoms with Crippen LogP contribution in [0.2, 0.25) is 0 Å². The lowest BCUT2D eigenvalue weighted by molar-refractivity contribution is 0.350. The number of hydrogen-bond donors (Lipinski definition) is 8. The summed E-state index contributed by atoms with van der Waals surface area (Å²) in [6.45, 7) is 0. The van der Waals surface area contributed by atoms with Gasteiger partial charge in [-0.05, 0) is 78.8 Å². The van der Waals surface area contributed by atoms with E-state index in [1.165, 1.54) is 0 Å². The van der Waals surface area contributed by atoms with Gasteiger partial charge < -0.3 is 45.3 Å². The van der Waals surface area contributed by atoms with E-state index < -0.39 is 46.0 Å². The molecule has 0 aliphatic heterocycles. The summed E-state index contributed by atoms with van der Waals surface area (Å²) in [5.74, 6) is -7.57. The number of fused-ring (bicyclic) bond motifs is 8. The van der Waals surface area contributed by atoms with E-state index in [2.05, 4.69) is 6.07 Å². The van der Waals surface area contributed by atoms with Crippen molar-refractivity contribution < 1.29 is 45.3 Å². The average Bonchev–Trinajstić information content (AvgIpc) is 3.64. The third-order valence-electron chi connectivity index (χ3n) is 11.7. The Morgan fingerprint density at radius 3 is 1.36 bits per heavy atom. The Kier molecular flexibility index (Phi) is 6.97. The molecule has 59 heavy (non-hydrogen) atoms. The van der Waals surface area contributed by atoms with E-state index >= 15 is 0 Å². The average molecular weight is 775 g/mol. The van der Waals surface area contributed by atoms with Gasteiger partial charge >= 0.3 is 0 Å². The minimum Gasteiger partial charge on any atom is -0.504 e. The van der Waals surface area contributed by atoms with Gasteiger partial charge in [-0.1, -0.05) is 109 Å². The van der Waals surface area contributed by atoms with Gasteiger partial charge in [0.25, 0.3) is 0 Å². The summed E-state index contributed by atoms with van der Waals surface area (Å²) in [5.41, 5.74) is 3.27. The van der Waals surface area contributed by atoms with Crippen molar-refractivity contribution in [3.8, 4) is 79.4 Å². The van der Waals surface area contributed by atoms with Crippen LogP contribution in [-0.2, 0) is 0 Å². The van der Waals surface area contributed by atoms with Crippen molar-refractivity contribution in [3.05, 3.63) is 133 Å². The van der Waals surface area contributed by atoms with Gasteiger partial charge in [0.15, 0.2) is 23.0 Å². The second kappa shape index (κ2) is 12.1. The van der Waals surface area contributed by atoms with Crippen LogP contribution in [0.5, 0.6) is 46.0 Å². The molecule has 0 amide bonds. The lowest BCUT2D eigenvalue weighted by atomic mass is 9.81. The maximum absolute atomic E-state index is 12.0. The first kappa shape index (κ1) is 34.0. The Morgan fingerprint density at radius 1 is 0.288 bits per heavy atom. The zero-order chi connectivity index (χ0) is 40.4. The molecule has 10 aromatic carbocycles. The standard InChI is InChI=1S/C50H30O9/c51-43-39-37(31-19-18-28(29-12-5-6-13-30(29)31)27-17-16-23-8-1-2-9-24(23)20-27)40-42(46(54)50(58)48(56)44(40)52)38(41(39)45(53)49(57)47(43)55)32-14-7-15-34-36(32)33-21-25-10-3-4-11-26(25)22-35(33)59-34/h1-22,51-58H. The molecule has 0 unspecified atom stereocenters. The van der Waals surface area contributed by atoms with Crippen LogP contribution in [-0.4, -0.2) is 40.9 Å². The highest BCUT2D eigenvalue weighted by Crippen LogP contribution is 2.63. The molecule has 1 aromatic heterocycles. The molecular formula is C50H30O9. The second-order valence-electron chi connectivity index (χ2n) is 14.8. The van der Waals surface area contributed by atoms with Crippen molar-refractivity contribution in [2.75, 3.05) is 0 Å². The summed E-state index contributed by atoms with van der Waals surface area (Å²) >= 11 is 0. The fraction of sp³-hybridized carbons (Fsp3) is 0. The predicted molar refractivity (Wildman–Crippen MR) is 231 cm³/mol.